The molecule has 3 aromatic rings. The Hall–Kier alpha value is -3.62. The lowest BCUT2D eigenvalue weighted by Gasteiger charge is -2.15. The van der Waals surface area contributed by atoms with Gasteiger partial charge in [0.25, 0.3) is 0 Å². The number of phenols is 1. The monoisotopic (exact) mass is 415 g/mol. The highest BCUT2D eigenvalue weighted by atomic mass is 16.5. The topological polar surface area (TPSA) is 90.5 Å². The van der Waals surface area contributed by atoms with Crippen LogP contribution in [0.4, 0.5) is 0 Å². The van der Waals surface area contributed by atoms with Gasteiger partial charge in [0.15, 0.2) is 5.78 Å². The molecule has 0 saturated carbocycles. The van der Waals surface area contributed by atoms with Crippen molar-refractivity contribution in [1.29, 1.82) is 5.26 Å². The average Bonchev–Trinajstić information content (AvgIpc) is 2.79. The second-order valence-electron chi connectivity index (χ2n) is 7.41. The molecule has 0 aliphatic carbocycles. The van der Waals surface area contributed by atoms with Gasteiger partial charge < -0.3 is 14.9 Å². The first-order chi connectivity index (χ1) is 14.9. The Balaban J connectivity index is 1.74. The summed E-state index contributed by atoms with van der Waals surface area (Å²) in [7, 11) is 0. The molecule has 158 valence electrons. The number of carbonyl (C=O) groups is 1. The van der Waals surface area contributed by atoms with Crippen molar-refractivity contribution in [2.24, 2.45) is 0 Å². The Morgan fingerprint density at radius 2 is 1.84 bits per heavy atom. The highest BCUT2D eigenvalue weighted by molar-refractivity contribution is 5.97. The normalized spacial score (nSPS) is 11.5. The van der Waals surface area contributed by atoms with E-state index in [0.717, 1.165) is 12.0 Å². The quantitative estimate of drug-likeness (QED) is 0.501. The fourth-order valence-electron chi connectivity index (χ4n) is 3.46. The molecule has 5 nitrogen and oxygen atoms in total. The lowest BCUT2D eigenvalue weighted by molar-refractivity contribution is 0.101. The summed E-state index contributed by atoms with van der Waals surface area (Å²) >= 11 is 0. The number of aliphatic hydroxyl groups excluding tert-OH is 1. The van der Waals surface area contributed by atoms with Gasteiger partial charge in [-0.3, -0.25) is 4.79 Å². The zero-order valence-electron chi connectivity index (χ0n) is 17.6. The first-order valence-corrected chi connectivity index (χ1v) is 10.2. The minimum absolute atomic E-state index is 0.00933. The maximum Gasteiger partial charge on any atom is 0.163 e. The van der Waals surface area contributed by atoms with E-state index in [9.17, 15) is 15.0 Å². The summed E-state index contributed by atoms with van der Waals surface area (Å²) in [4.78, 5) is 11.7. The fourth-order valence-corrected chi connectivity index (χ4v) is 3.46. The number of hydrogen-bond acceptors (Lipinski definition) is 5. The molecule has 0 heterocycles. The summed E-state index contributed by atoms with van der Waals surface area (Å²) in [5.74, 6) is 0.363. The van der Waals surface area contributed by atoms with Gasteiger partial charge in [-0.2, -0.15) is 5.26 Å². The number of rotatable bonds is 8. The Morgan fingerprint density at radius 3 is 2.48 bits per heavy atom. The van der Waals surface area contributed by atoms with Gasteiger partial charge in [0, 0.05) is 5.56 Å². The molecule has 0 radical (unpaired) electrons. The van der Waals surface area contributed by atoms with E-state index in [0.29, 0.717) is 40.0 Å². The van der Waals surface area contributed by atoms with Crippen LogP contribution in [0.25, 0.3) is 0 Å². The first kappa shape index (κ1) is 22.1. The van der Waals surface area contributed by atoms with Crippen LogP contribution in [0.3, 0.4) is 0 Å². The number of carbonyl (C=O) groups excluding carboxylic acids is 1. The number of ketones is 1. The van der Waals surface area contributed by atoms with Crippen molar-refractivity contribution in [3.8, 4) is 17.6 Å². The Morgan fingerprint density at radius 1 is 1.10 bits per heavy atom. The summed E-state index contributed by atoms with van der Waals surface area (Å²) in [6, 6.07) is 19.7. The Labute approximate surface area is 182 Å². The Kier molecular flexibility index (Phi) is 7.07. The van der Waals surface area contributed by atoms with E-state index in [2.05, 4.69) is 6.07 Å². The zero-order valence-corrected chi connectivity index (χ0v) is 17.6. The van der Waals surface area contributed by atoms with Crippen LogP contribution in [0.2, 0.25) is 0 Å². The smallest absolute Gasteiger partial charge is 0.163 e. The summed E-state index contributed by atoms with van der Waals surface area (Å²) in [5, 5.41) is 30.1. The van der Waals surface area contributed by atoms with Crippen molar-refractivity contribution in [3.63, 3.8) is 0 Å². The van der Waals surface area contributed by atoms with E-state index in [1.165, 1.54) is 6.92 Å². The molecule has 0 aliphatic heterocycles. The number of benzene rings is 3. The molecule has 0 bridgehead atoms. The number of nitriles is 1. The summed E-state index contributed by atoms with van der Waals surface area (Å²) in [5.41, 5.74) is 3.72. The zero-order chi connectivity index (χ0) is 22.4. The van der Waals surface area contributed by atoms with Gasteiger partial charge in [-0.1, -0.05) is 49.7 Å². The van der Waals surface area contributed by atoms with Crippen LogP contribution in [0.5, 0.6) is 11.5 Å². The maximum atomic E-state index is 11.7. The number of nitrogens with zero attached hydrogens (tertiary/aromatic N) is 1. The van der Waals surface area contributed by atoms with E-state index in [-0.39, 0.29) is 18.1 Å². The molecule has 31 heavy (non-hydrogen) atoms. The molecule has 0 fully saturated rings. The predicted molar refractivity (Wildman–Crippen MR) is 118 cm³/mol. The number of aromatic hydroxyl groups is 1. The second-order valence-corrected chi connectivity index (χ2v) is 7.41. The van der Waals surface area contributed by atoms with E-state index in [4.69, 9.17) is 10.00 Å². The van der Waals surface area contributed by atoms with Crippen molar-refractivity contribution in [1.82, 2.24) is 0 Å². The van der Waals surface area contributed by atoms with Gasteiger partial charge in [-0.25, -0.2) is 0 Å². The highest BCUT2D eigenvalue weighted by Gasteiger charge is 2.16. The van der Waals surface area contributed by atoms with Crippen molar-refractivity contribution < 1.29 is 19.7 Å². The molecule has 0 amide bonds. The van der Waals surface area contributed by atoms with Crippen molar-refractivity contribution >= 4 is 5.78 Å². The van der Waals surface area contributed by atoms with Crippen LogP contribution in [0.1, 0.15) is 64.5 Å². The second kappa shape index (κ2) is 9.92. The summed E-state index contributed by atoms with van der Waals surface area (Å²) in [6.45, 7) is 3.72. The van der Waals surface area contributed by atoms with Crippen LogP contribution >= 0.6 is 0 Å². The molecule has 2 N–H and O–H groups in total. The first-order valence-electron chi connectivity index (χ1n) is 10.2. The van der Waals surface area contributed by atoms with Gasteiger partial charge in [-0.05, 0) is 54.3 Å². The Bertz CT molecular complexity index is 1110. The van der Waals surface area contributed by atoms with E-state index < -0.39 is 6.10 Å². The number of aliphatic hydroxyl groups is 1. The van der Waals surface area contributed by atoms with Gasteiger partial charge in [0.05, 0.1) is 17.2 Å². The molecule has 5 heteroatoms. The van der Waals surface area contributed by atoms with Gasteiger partial charge in [0.2, 0.25) is 0 Å². The third-order valence-electron chi connectivity index (χ3n) is 5.14. The molecule has 3 aromatic carbocycles. The van der Waals surface area contributed by atoms with Crippen LogP contribution in [-0.2, 0) is 13.0 Å². The molecule has 1 atom stereocenters. The van der Waals surface area contributed by atoms with E-state index >= 15 is 0 Å². The third-order valence-corrected chi connectivity index (χ3v) is 5.14. The molecule has 3 rings (SSSR count). The summed E-state index contributed by atoms with van der Waals surface area (Å²) in [6.07, 6.45) is 0.593. The van der Waals surface area contributed by atoms with Crippen molar-refractivity contribution in [2.75, 3.05) is 0 Å². The van der Waals surface area contributed by atoms with Crippen LogP contribution in [0.15, 0.2) is 60.7 Å². The number of ether oxygens (including phenoxy) is 1. The maximum absolute atomic E-state index is 11.7. The van der Waals surface area contributed by atoms with Crippen molar-refractivity contribution in [2.45, 2.75) is 39.4 Å². The molecule has 0 aromatic heterocycles. The van der Waals surface area contributed by atoms with Crippen molar-refractivity contribution in [3.05, 3.63) is 94.0 Å². The highest BCUT2D eigenvalue weighted by Crippen LogP contribution is 2.33. The molecule has 0 saturated heterocycles. The predicted octanol–water partition coefficient (Wildman–Crippen LogP) is 5.08. The van der Waals surface area contributed by atoms with Crippen LogP contribution < -0.4 is 4.74 Å². The van der Waals surface area contributed by atoms with E-state index in [1.54, 1.807) is 36.4 Å². The van der Waals surface area contributed by atoms with Crippen LogP contribution in [0, 0.1) is 11.3 Å². The minimum atomic E-state index is -0.824. The molecule has 0 aliphatic rings. The lowest BCUT2D eigenvalue weighted by atomic mass is 9.99. The minimum Gasteiger partial charge on any atom is -0.507 e. The average molecular weight is 415 g/mol. The van der Waals surface area contributed by atoms with Gasteiger partial charge in [0.1, 0.15) is 24.2 Å². The van der Waals surface area contributed by atoms with Gasteiger partial charge in [-0.15, -0.1) is 0 Å². The third kappa shape index (κ3) is 5.11. The molecule has 0 spiro atoms. The van der Waals surface area contributed by atoms with E-state index in [1.807, 2.05) is 31.2 Å². The standard InChI is InChI=1S/C26H25NO4/c1-3-5-23-24(13-12-22(17(2)28)26(23)30)31-16-18-8-10-20(11-9-18)25(29)21-7-4-6-19(14-21)15-27/h4,6-14,25,29-30H,3,5,16H2,1-2H3/t25-/m0/s1. The molecular formula is C26H25NO4. The molecule has 0 unspecified atom stereocenters. The largest absolute Gasteiger partial charge is 0.507 e. The fraction of sp³-hybridized carbons (Fsp3) is 0.231. The SMILES string of the molecule is CCCc1c(OCc2ccc([C@H](O)c3cccc(C#N)c3)cc2)ccc(C(C)=O)c1O. The molecular weight excluding hydrogens is 390 g/mol. The number of phenolic OH excluding ortho intramolecular Hbond substituents is 1. The summed E-state index contributed by atoms with van der Waals surface area (Å²) < 4.78 is 5.94. The van der Waals surface area contributed by atoms with Gasteiger partial charge >= 0.3 is 0 Å². The number of hydrogen-bond donors (Lipinski definition) is 2. The number of Topliss-reactive ketones (excluding diaryl/α,β-unsaturated/α-hetero) is 1. The van der Waals surface area contributed by atoms with Crippen LogP contribution in [-0.4, -0.2) is 16.0 Å². The lowest BCUT2D eigenvalue weighted by Crippen LogP contribution is -2.03.